The first-order valence-electron chi connectivity index (χ1n) is 9.56. The molecule has 1 N–H and O–H groups in total. The Morgan fingerprint density at radius 2 is 1.41 bits per heavy atom. The number of benzene rings is 3. The number of hydrogen-bond donors (Lipinski definition) is 1. The number of halogens is 1. The summed E-state index contributed by atoms with van der Waals surface area (Å²) in [6, 6.07) is 21.3. The maximum atomic E-state index is 13.5. The second kappa shape index (κ2) is 7.55. The van der Waals surface area contributed by atoms with Crippen molar-refractivity contribution in [3.8, 4) is 0 Å². The molecule has 0 saturated heterocycles. The molecule has 0 radical (unpaired) electrons. The Morgan fingerprint density at radius 3 is 2.00 bits per heavy atom. The lowest BCUT2D eigenvalue weighted by Crippen LogP contribution is -2.29. The highest BCUT2D eigenvalue weighted by molar-refractivity contribution is 6.05. The molecule has 3 aromatic carbocycles. The SMILES string of the molecule is Cc1ccc(CN2C(=O)C(O)=C(c3ccc(C)cc3)[C@@H]2c2ccc(F)cc2)cc1. The smallest absolute Gasteiger partial charge is 0.290 e. The van der Waals surface area contributed by atoms with Crippen molar-refractivity contribution in [2.75, 3.05) is 0 Å². The molecule has 0 bridgehead atoms. The van der Waals surface area contributed by atoms with Crippen LogP contribution in [0.5, 0.6) is 0 Å². The standard InChI is InChI=1S/C25H22FNO2/c1-16-3-7-18(8-4-16)15-27-23(20-11-13-21(26)14-12-20)22(24(28)25(27)29)19-9-5-17(2)6-10-19/h3-14,23,28H,15H2,1-2H3/t23-/m0/s1. The number of hydrogen-bond acceptors (Lipinski definition) is 2. The van der Waals surface area contributed by atoms with Gasteiger partial charge in [-0.05, 0) is 42.7 Å². The van der Waals surface area contributed by atoms with E-state index in [4.69, 9.17) is 0 Å². The fourth-order valence-corrected chi connectivity index (χ4v) is 3.73. The number of aliphatic hydroxyl groups is 1. The highest BCUT2D eigenvalue weighted by atomic mass is 19.1. The van der Waals surface area contributed by atoms with E-state index in [-0.39, 0.29) is 11.6 Å². The summed E-state index contributed by atoms with van der Waals surface area (Å²) in [4.78, 5) is 14.7. The van der Waals surface area contributed by atoms with Gasteiger partial charge in [-0.1, -0.05) is 71.8 Å². The Kier molecular flexibility index (Phi) is 4.93. The van der Waals surface area contributed by atoms with Crippen molar-refractivity contribution in [2.45, 2.75) is 26.4 Å². The van der Waals surface area contributed by atoms with Gasteiger partial charge >= 0.3 is 0 Å². The molecule has 0 aromatic heterocycles. The molecule has 3 aromatic rings. The van der Waals surface area contributed by atoms with Crippen LogP contribution in [0.3, 0.4) is 0 Å². The van der Waals surface area contributed by atoms with Crippen molar-refractivity contribution in [3.05, 3.63) is 112 Å². The van der Waals surface area contributed by atoms with Crippen LogP contribution in [0.2, 0.25) is 0 Å². The van der Waals surface area contributed by atoms with Gasteiger partial charge in [-0.2, -0.15) is 0 Å². The predicted molar refractivity (Wildman–Crippen MR) is 112 cm³/mol. The number of carbonyl (C=O) groups excluding carboxylic acids is 1. The van der Waals surface area contributed by atoms with Crippen LogP contribution in [0.1, 0.15) is 33.9 Å². The van der Waals surface area contributed by atoms with E-state index in [0.29, 0.717) is 12.1 Å². The first kappa shape index (κ1) is 18.9. The number of nitrogens with zero attached hydrogens (tertiary/aromatic N) is 1. The Balaban J connectivity index is 1.80. The van der Waals surface area contributed by atoms with Gasteiger partial charge in [0, 0.05) is 12.1 Å². The number of aryl methyl sites for hydroxylation is 2. The topological polar surface area (TPSA) is 40.5 Å². The van der Waals surface area contributed by atoms with Crippen molar-refractivity contribution in [1.29, 1.82) is 0 Å². The van der Waals surface area contributed by atoms with Gasteiger partial charge in [0.2, 0.25) is 0 Å². The summed E-state index contributed by atoms with van der Waals surface area (Å²) in [5.41, 5.74) is 5.28. The Morgan fingerprint density at radius 1 is 0.862 bits per heavy atom. The molecule has 4 rings (SSSR count). The fraction of sp³-hybridized carbons (Fsp3) is 0.160. The molecule has 0 saturated carbocycles. The molecule has 0 unspecified atom stereocenters. The molecular weight excluding hydrogens is 365 g/mol. The number of amides is 1. The zero-order valence-electron chi connectivity index (χ0n) is 16.4. The summed E-state index contributed by atoms with van der Waals surface area (Å²) in [7, 11) is 0. The Labute approximate surface area is 169 Å². The zero-order valence-corrected chi connectivity index (χ0v) is 16.4. The van der Waals surface area contributed by atoms with Crippen LogP contribution in [0.4, 0.5) is 4.39 Å². The van der Waals surface area contributed by atoms with Gasteiger partial charge in [0.25, 0.3) is 5.91 Å². The summed E-state index contributed by atoms with van der Waals surface area (Å²) in [6.45, 7) is 4.34. The van der Waals surface area contributed by atoms with E-state index in [1.54, 1.807) is 17.0 Å². The Hall–Kier alpha value is -3.40. The molecule has 0 spiro atoms. The van der Waals surface area contributed by atoms with Crippen molar-refractivity contribution in [3.63, 3.8) is 0 Å². The minimum Gasteiger partial charge on any atom is -0.503 e. The zero-order chi connectivity index (χ0) is 20.5. The van der Waals surface area contributed by atoms with Crippen molar-refractivity contribution in [1.82, 2.24) is 4.90 Å². The summed E-state index contributed by atoms with van der Waals surface area (Å²) < 4.78 is 13.5. The van der Waals surface area contributed by atoms with E-state index in [1.165, 1.54) is 12.1 Å². The van der Waals surface area contributed by atoms with Gasteiger partial charge in [0.15, 0.2) is 5.76 Å². The summed E-state index contributed by atoms with van der Waals surface area (Å²) in [5.74, 6) is -1.01. The fourth-order valence-electron chi connectivity index (χ4n) is 3.73. The molecule has 1 amide bonds. The first-order valence-corrected chi connectivity index (χ1v) is 9.56. The van der Waals surface area contributed by atoms with E-state index in [0.717, 1.165) is 27.8 Å². The molecule has 0 aliphatic carbocycles. The largest absolute Gasteiger partial charge is 0.503 e. The van der Waals surface area contributed by atoms with Crippen LogP contribution in [0.15, 0.2) is 78.6 Å². The second-order valence-corrected chi connectivity index (χ2v) is 7.50. The van der Waals surface area contributed by atoms with Crippen LogP contribution in [-0.2, 0) is 11.3 Å². The van der Waals surface area contributed by atoms with E-state index in [1.807, 2.05) is 62.4 Å². The normalized spacial score (nSPS) is 16.6. The number of carbonyl (C=O) groups is 1. The van der Waals surface area contributed by atoms with Crippen molar-refractivity contribution >= 4 is 11.5 Å². The summed E-state index contributed by atoms with van der Waals surface area (Å²) in [5, 5.41) is 10.8. The maximum absolute atomic E-state index is 13.5. The van der Waals surface area contributed by atoms with Gasteiger partial charge < -0.3 is 10.0 Å². The quantitative estimate of drug-likeness (QED) is 0.643. The summed E-state index contributed by atoms with van der Waals surface area (Å²) in [6.07, 6.45) is 0. The third-order valence-electron chi connectivity index (χ3n) is 5.33. The molecule has 4 heteroatoms. The molecular formula is C25H22FNO2. The molecule has 146 valence electrons. The van der Waals surface area contributed by atoms with Gasteiger partial charge in [0.1, 0.15) is 5.82 Å². The second-order valence-electron chi connectivity index (χ2n) is 7.50. The van der Waals surface area contributed by atoms with Gasteiger partial charge in [-0.15, -0.1) is 0 Å². The lowest BCUT2D eigenvalue weighted by atomic mass is 9.93. The van der Waals surface area contributed by atoms with Crippen molar-refractivity contribution in [2.24, 2.45) is 0 Å². The summed E-state index contributed by atoms with van der Waals surface area (Å²) >= 11 is 0. The van der Waals surface area contributed by atoms with Crippen LogP contribution in [0, 0.1) is 19.7 Å². The maximum Gasteiger partial charge on any atom is 0.290 e. The van der Waals surface area contributed by atoms with Gasteiger partial charge in [-0.3, -0.25) is 4.79 Å². The molecule has 29 heavy (non-hydrogen) atoms. The molecule has 0 fully saturated rings. The van der Waals surface area contributed by atoms with Gasteiger partial charge in [-0.25, -0.2) is 4.39 Å². The third kappa shape index (κ3) is 3.66. The highest BCUT2D eigenvalue weighted by Crippen LogP contribution is 2.43. The number of rotatable bonds is 4. The average molecular weight is 387 g/mol. The first-order chi connectivity index (χ1) is 13.9. The van der Waals surface area contributed by atoms with E-state index in [2.05, 4.69) is 0 Å². The highest BCUT2D eigenvalue weighted by Gasteiger charge is 2.40. The minimum atomic E-state index is -0.493. The van der Waals surface area contributed by atoms with Crippen molar-refractivity contribution < 1.29 is 14.3 Å². The average Bonchev–Trinajstić information content (AvgIpc) is 2.96. The molecule has 1 heterocycles. The van der Waals surface area contributed by atoms with Gasteiger partial charge in [0.05, 0.1) is 6.04 Å². The van der Waals surface area contributed by atoms with Crippen LogP contribution < -0.4 is 0 Å². The third-order valence-corrected chi connectivity index (χ3v) is 5.33. The van der Waals surface area contributed by atoms with Crippen LogP contribution in [-0.4, -0.2) is 15.9 Å². The van der Waals surface area contributed by atoms with E-state index >= 15 is 0 Å². The predicted octanol–water partition coefficient (Wildman–Crippen LogP) is 5.50. The lowest BCUT2D eigenvalue weighted by molar-refractivity contribution is -0.130. The molecule has 1 aliphatic rings. The molecule has 1 aliphatic heterocycles. The monoisotopic (exact) mass is 387 g/mol. The Bertz CT molecular complexity index is 1070. The van der Waals surface area contributed by atoms with E-state index in [9.17, 15) is 14.3 Å². The molecule has 3 nitrogen and oxygen atoms in total. The number of aliphatic hydroxyl groups excluding tert-OH is 1. The minimum absolute atomic E-state index is 0.254. The van der Waals surface area contributed by atoms with Crippen LogP contribution in [0.25, 0.3) is 5.57 Å². The van der Waals surface area contributed by atoms with Crippen LogP contribution >= 0.6 is 0 Å². The van der Waals surface area contributed by atoms with E-state index < -0.39 is 11.9 Å². The lowest BCUT2D eigenvalue weighted by Gasteiger charge is -2.27. The molecule has 1 atom stereocenters.